The molecule has 0 bridgehead atoms. The zero-order valence-corrected chi connectivity index (χ0v) is 14.4. The molecule has 23 heavy (non-hydrogen) atoms. The maximum atomic E-state index is 12.8. The number of benzene rings is 1. The smallest absolute Gasteiger partial charge is 0.267 e. The van der Waals surface area contributed by atoms with Gasteiger partial charge in [0.2, 0.25) is 11.8 Å². The summed E-state index contributed by atoms with van der Waals surface area (Å²) in [6, 6.07) is 5.22. The predicted octanol–water partition coefficient (Wildman–Crippen LogP) is 1.59. The van der Waals surface area contributed by atoms with Gasteiger partial charge in [0.05, 0.1) is 4.90 Å². The van der Waals surface area contributed by atoms with Crippen molar-refractivity contribution in [2.24, 2.45) is 0 Å². The molecule has 1 fully saturated rings. The van der Waals surface area contributed by atoms with Crippen molar-refractivity contribution < 1.29 is 18.0 Å². The summed E-state index contributed by atoms with van der Waals surface area (Å²) >= 11 is 0. The third-order valence-electron chi connectivity index (χ3n) is 4.04. The highest BCUT2D eigenvalue weighted by atomic mass is 32.2. The molecule has 1 saturated heterocycles. The van der Waals surface area contributed by atoms with Crippen LogP contribution in [0.4, 0.5) is 0 Å². The van der Waals surface area contributed by atoms with Crippen molar-refractivity contribution in [1.29, 1.82) is 0 Å². The first-order valence-electron chi connectivity index (χ1n) is 7.71. The lowest BCUT2D eigenvalue weighted by atomic mass is 10.2. The highest BCUT2D eigenvalue weighted by molar-refractivity contribution is 7.89. The molecule has 0 aromatic heterocycles. The Balaban J connectivity index is 2.32. The molecule has 2 atom stereocenters. The highest BCUT2D eigenvalue weighted by Gasteiger charge is 2.44. The zero-order chi connectivity index (χ0) is 17.2. The number of aryl methyl sites for hydroxylation is 1. The lowest BCUT2D eigenvalue weighted by Gasteiger charge is -2.25. The molecule has 0 saturated carbocycles. The monoisotopic (exact) mass is 338 g/mol. The van der Waals surface area contributed by atoms with Crippen LogP contribution in [0, 0.1) is 6.92 Å². The van der Waals surface area contributed by atoms with Crippen LogP contribution in [0.3, 0.4) is 0 Å². The van der Waals surface area contributed by atoms with Crippen molar-refractivity contribution in [2.75, 3.05) is 0 Å². The lowest BCUT2D eigenvalue weighted by molar-refractivity contribution is -0.131. The Morgan fingerprint density at radius 3 is 2.52 bits per heavy atom. The second-order valence-electron chi connectivity index (χ2n) is 5.88. The van der Waals surface area contributed by atoms with E-state index in [1.165, 1.54) is 12.1 Å². The molecule has 1 N–H and O–H groups in total. The number of hydrogen-bond acceptors (Lipinski definition) is 4. The first kappa shape index (κ1) is 17.5. The van der Waals surface area contributed by atoms with Crippen molar-refractivity contribution in [3.63, 3.8) is 0 Å². The van der Waals surface area contributed by atoms with Gasteiger partial charge in [-0.25, -0.2) is 12.7 Å². The second-order valence-corrected chi connectivity index (χ2v) is 7.69. The van der Waals surface area contributed by atoms with E-state index in [0.29, 0.717) is 0 Å². The number of carbonyl (C=O) groups is 2. The molecule has 0 aliphatic carbocycles. The Labute approximate surface area is 136 Å². The van der Waals surface area contributed by atoms with Gasteiger partial charge in [-0.15, -0.1) is 0 Å². The largest absolute Gasteiger partial charge is 0.352 e. The maximum absolute atomic E-state index is 12.8. The number of hydrogen-bond donors (Lipinski definition) is 1. The Kier molecular flexibility index (Phi) is 5.09. The average Bonchev–Trinajstić information content (AvgIpc) is 2.90. The van der Waals surface area contributed by atoms with Crippen LogP contribution in [0.1, 0.15) is 38.7 Å². The minimum absolute atomic E-state index is 0.0275. The van der Waals surface area contributed by atoms with Crippen LogP contribution in [0.15, 0.2) is 29.2 Å². The quantitative estimate of drug-likeness (QED) is 0.884. The van der Waals surface area contributed by atoms with Gasteiger partial charge in [-0.2, -0.15) is 0 Å². The summed E-state index contributed by atoms with van der Waals surface area (Å²) in [5, 5.41) is 2.76. The van der Waals surface area contributed by atoms with E-state index in [-0.39, 0.29) is 23.8 Å². The van der Waals surface area contributed by atoms with Crippen LogP contribution in [-0.2, 0) is 19.6 Å². The molecular weight excluding hydrogens is 316 g/mol. The van der Waals surface area contributed by atoms with Gasteiger partial charge in [-0.1, -0.05) is 24.6 Å². The van der Waals surface area contributed by atoms with Crippen LogP contribution in [0.5, 0.6) is 0 Å². The number of nitrogens with one attached hydrogen (secondary N) is 1. The van der Waals surface area contributed by atoms with Crippen molar-refractivity contribution >= 4 is 21.8 Å². The molecule has 126 valence electrons. The standard InChI is InChI=1S/C16H22N2O4S/c1-4-12(3)17-16(20)14-9-10-15(19)18(14)23(21,22)13-7-5-11(2)6-8-13/h5-8,12,14H,4,9-10H2,1-3H3,(H,17,20)/t12-,14+/m0/s1. The molecule has 2 rings (SSSR count). The van der Waals surface area contributed by atoms with Crippen LogP contribution in [-0.4, -0.2) is 36.6 Å². The molecule has 0 unspecified atom stereocenters. The third-order valence-corrected chi connectivity index (χ3v) is 5.89. The van der Waals surface area contributed by atoms with Crippen molar-refractivity contribution in [3.8, 4) is 0 Å². The summed E-state index contributed by atoms with van der Waals surface area (Å²) in [7, 11) is -4.02. The van der Waals surface area contributed by atoms with Gasteiger partial charge in [-0.3, -0.25) is 9.59 Å². The van der Waals surface area contributed by atoms with Crippen LogP contribution < -0.4 is 5.32 Å². The van der Waals surface area contributed by atoms with Crippen LogP contribution >= 0.6 is 0 Å². The fourth-order valence-corrected chi connectivity index (χ4v) is 4.07. The zero-order valence-electron chi connectivity index (χ0n) is 13.6. The molecule has 0 spiro atoms. The van der Waals surface area contributed by atoms with E-state index in [4.69, 9.17) is 0 Å². The van der Waals surface area contributed by atoms with E-state index >= 15 is 0 Å². The number of rotatable bonds is 5. The van der Waals surface area contributed by atoms with Gasteiger partial charge < -0.3 is 5.32 Å². The van der Waals surface area contributed by atoms with E-state index in [0.717, 1.165) is 16.3 Å². The van der Waals surface area contributed by atoms with Gasteiger partial charge in [0.15, 0.2) is 0 Å². The Morgan fingerprint density at radius 2 is 1.96 bits per heavy atom. The van der Waals surface area contributed by atoms with Crippen molar-refractivity contribution in [1.82, 2.24) is 9.62 Å². The van der Waals surface area contributed by atoms with E-state index in [1.54, 1.807) is 12.1 Å². The van der Waals surface area contributed by atoms with Crippen LogP contribution in [0.25, 0.3) is 0 Å². The predicted molar refractivity (Wildman–Crippen MR) is 86.1 cm³/mol. The van der Waals surface area contributed by atoms with Gasteiger partial charge in [0, 0.05) is 12.5 Å². The SMILES string of the molecule is CC[C@H](C)NC(=O)[C@H]1CCC(=O)N1S(=O)(=O)c1ccc(C)cc1. The molecule has 6 nitrogen and oxygen atoms in total. The van der Waals surface area contributed by atoms with E-state index in [2.05, 4.69) is 5.32 Å². The lowest BCUT2D eigenvalue weighted by Crippen LogP contribution is -2.49. The fourth-order valence-electron chi connectivity index (χ4n) is 2.47. The maximum Gasteiger partial charge on any atom is 0.267 e. The second kappa shape index (κ2) is 6.70. The summed E-state index contributed by atoms with van der Waals surface area (Å²) in [5.74, 6) is -0.948. The summed E-state index contributed by atoms with van der Waals surface area (Å²) < 4.78 is 26.2. The van der Waals surface area contributed by atoms with Crippen LogP contribution in [0.2, 0.25) is 0 Å². The number of nitrogens with zero attached hydrogens (tertiary/aromatic N) is 1. The van der Waals surface area contributed by atoms with Gasteiger partial charge in [0.1, 0.15) is 6.04 Å². The van der Waals surface area contributed by atoms with E-state index in [1.807, 2.05) is 20.8 Å². The Hall–Kier alpha value is -1.89. The number of sulfonamides is 1. The average molecular weight is 338 g/mol. The van der Waals surface area contributed by atoms with Crippen molar-refractivity contribution in [2.45, 2.75) is 57.0 Å². The summed E-state index contributed by atoms with van der Waals surface area (Å²) in [5.41, 5.74) is 0.919. The third kappa shape index (κ3) is 3.55. The first-order chi connectivity index (χ1) is 10.8. The topological polar surface area (TPSA) is 83.6 Å². The molecule has 2 amide bonds. The summed E-state index contributed by atoms with van der Waals surface area (Å²) in [6.45, 7) is 5.61. The summed E-state index contributed by atoms with van der Waals surface area (Å²) in [6.07, 6.45) is 1.01. The molecule has 0 radical (unpaired) electrons. The van der Waals surface area contributed by atoms with Gasteiger partial charge in [-0.05, 0) is 38.8 Å². The molecule has 1 aromatic rings. The Morgan fingerprint density at radius 1 is 1.35 bits per heavy atom. The fraction of sp³-hybridized carbons (Fsp3) is 0.500. The molecule has 1 aliphatic heterocycles. The van der Waals surface area contributed by atoms with E-state index in [9.17, 15) is 18.0 Å². The Bertz CT molecular complexity index is 697. The van der Waals surface area contributed by atoms with E-state index < -0.39 is 27.9 Å². The molecule has 1 aromatic carbocycles. The minimum Gasteiger partial charge on any atom is -0.352 e. The van der Waals surface area contributed by atoms with Crippen molar-refractivity contribution in [3.05, 3.63) is 29.8 Å². The highest BCUT2D eigenvalue weighted by Crippen LogP contribution is 2.27. The molecule has 1 aliphatic rings. The number of carbonyl (C=O) groups excluding carboxylic acids is 2. The minimum atomic E-state index is -4.02. The van der Waals surface area contributed by atoms with Gasteiger partial charge >= 0.3 is 0 Å². The molecule has 1 heterocycles. The number of amides is 2. The summed E-state index contributed by atoms with van der Waals surface area (Å²) in [4.78, 5) is 24.5. The first-order valence-corrected chi connectivity index (χ1v) is 9.15. The van der Waals surface area contributed by atoms with Gasteiger partial charge in [0.25, 0.3) is 10.0 Å². The molecular formula is C16H22N2O4S. The molecule has 7 heteroatoms. The normalized spacial score (nSPS) is 19.7.